The number of halogens is 1. The predicted octanol–water partition coefficient (Wildman–Crippen LogP) is 4.19. The number of hydrogen-bond donors (Lipinski definition) is 2. The zero-order valence-electron chi connectivity index (χ0n) is 13.4. The molecule has 0 spiro atoms. The first kappa shape index (κ1) is 15.7. The van der Waals surface area contributed by atoms with E-state index in [-0.39, 0.29) is 5.91 Å². The van der Waals surface area contributed by atoms with E-state index in [0.29, 0.717) is 11.6 Å². The van der Waals surface area contributed by atoms with Gasteiger partial charge in [0.2, 0.25) is 0 Å². The van der Waals surface area contributed by atoms with Gasteiger partial charge in [-0.1, -0.05) is 35.9 Å². The maximum Gasteiger partial charge on any atom is 0.253 e. The summed E-state index contributed by atoms with van der Waals surface area (Å²) in [6, 6.07) is 13.5. The smallest absolute Gasteiger partial charge is 0.253 e. The molecule has 1 aliphatic rings. The summed E-state index contributed by atoms with van der Waals surface area (Å²) in [5.41, 5.74) is 5.42. The number of aromatic nitrogens is 2. The van der Waals surface area contributed by atoms with Crippen LogP contribution in [0.2, 0.25) is 5.02 Å². The lowest BCUT2D eigenvalue weighted by atomic mass is 10.1. The topological polar surface area (TPSA) is 57.8 Å². The summed E-state index contributed by atoms with van der Waals surface area (Å²) in [6.07, 6.45) is 6.47. The molecule has 4 nitrogen and oxygen atoms in total. The molecule has 0 saturated carbocycles. The van der Waals surface area contributed by atoms with Crippen LogP contribution in [0.5, 0.6) is 0 Å². The summed E-state index contributed by atoms with van der Waals surface area (Å²) in [7, 11) is 0. The Morgan fingerprint density at radius 1 is 1.12 bits per heavy atom. The normalized spacial score (nSPS) is 13.7. The fourth-order valence-electron chi connectivity index (χ4n) is 2.94. The number of carbonyl (C=O) groups is 1. The number of hydrogen-bond acceptors (Lipinski definition) is 2. The van der Waals surface area contributed by atoms with Crippen LogP contribution in [0.15, 0.2) is 48.7 Å². The Hall–Kier alpha value is -2.85. The highest BCUT2D eigenvalue weighted by molar-refractivity contribution is 6.32. The standard InChI is InChI=1S/C20H16ClN3O/c21-17-4-2-1-3-13(17)5-6-15-11-14(7-9-22-15)19-12-16-18(24-19)8-10-23-20(16)25/h1-7,9,11-12,24H,8,10H2,(H,23,25). The molecule has 0 bridgehead atoms. The fourth-order valence-corrected chi connectivity index (χ4v) is 3.14. The quantitative estimate of drug-likeness (QED) is 0.745. The van der Waals surface area contributed by atoms with Gasteiger partial charge in [0.1, 0.15) is 0 Å². The summed E-state index contributed by atoms with van der Waals surface area (Å²) >= 11 is 6.17. The van der Waals surface area contributed by atoms with Crippen molar-refractivity contribution >= 4 is 29.7 Å². The predicted molar refractivity (Wildman–Crippen MR) is 100 cm³/mol. The largest absolute Gasteiger partial charge is 0.358 e. The van der Waals surface area contributed by atoms with Gasteiger partial charge in [-0.2, -0.15) is 0 Å². The van der Waals surface area contributed by atoms with Crippen LogP contribution < -0.4 is 5.32 Å². The lowest BCUT2D eigenvalue weighted by Crippen LogP contribution is -2.31. The number of pyridine rings is 1. The molecule has 0 unspecified atom stereocenters. The van der Waals surface area contributed by atoms with Gasteiger partial charge in [-0.05, 0) is 35.9 Å². The van der Waals surface area contributed by atoms with Crippen LogP contribution >= 0.6 is 11.6 Å². The zero-order valence-corrected chi connectivity index (χ0v) is 14.2. The molecule has 5 heteroatoms. The molecule has 1 amide bonds. The van der Waals surface area contributed by atoms with Crippen molar-refractivity contribution < 1.29 is 4.79 Å². The third-order valence-electron chi connectivity index (χ3n) is 4.24. The van der Waals surface area contributed by atoms with Crippen LogP contribution in [0.1, 0.15) is 27.3 Å². The molecule has 0 saturated heterocycles. The molecular formula is C20H16ClN3O. The highest BCUT2D eigenvalue weighted by atomic mass is 35.5. The number of rotatable bonds is 3. The van der Waals surface area contributed by atoms with Crippen molar-refractivity contribution in [1.82, 2.24) is 15.3 Å². The molecule has 0 atom stereocenters. The van der Waals surface area contributed by atoms with E-state index in [4.69, 9.17) is 11.6 Å². The monoisotopic (exact) mass is 349 g/mol. The molecule has 3 heterocycles. The van der Waals surface area contributed by atoms with Gasteiger partial charge in [0.05, 0.1) is 11.3 Å². The van der Waals surface area contributed by atoms with Crippen LogP contribution in [-0.2, 0) is 6.42 Å². The summed E-state index contributed by atoms with van der Waals surface area (Å²) in [4.78, 5) is 19.7. The molecular weight excluding hydrogens is 334 g/mol. The van der Waals surface area contributed by atoms with Gasteiger partial charge in [-0.3, -0.25) is 9.78 Å². The lowest BCUT2D eigenvalue weighted by molar-refractivity contribution is 0.0946. The lowest BCUT2D eigenvalue weighted by Gasteiger charge is -2.10. The first-order valence-corrected chi connectivity index (χ1v) is 8.47. The van der Waals surface area contributed by atoms with E-state index in [1.54, 1.807) is 6.20 Å². The minimum Gasteiger partial charge on any atom is -0.358 e. The van der Waals surface area contributed by atoms with Gasteiger partial charge < -0.3 is 10.3 Å². The Morgan fingerprint density at radius 2 is 2.00 bits per heavy atom. The van der Waals surface area contributed by atoms with Crippen molar-refractivity contribution in [2.75, 3.05) is 6.54 Å². The number of aromatic amines is 1. The Bertz CT molecular complexity index is 975. The average molecular weight is 350 g/mol. The number of amides is 1. The summed E-state index contributed by atoms with van der Waals surface area (Å²) in [5, 5.41) is 3.57. The van der Waals surface area contributed by atoms with Crippen molar-refractivity contribution in [2.24, 2.45) is 0 Å². The number of carbonyl (C=O) groups excluding carboxylic acids is 1. The molecule has 2 N–H and O–H groups in total. The van der Waals surface area contributed by atoms with Crippen molar-refractivity contribution in [3.8, 4) is 11.3 Å². The van der Waals surface area contributed by atoms with Crippen molar-refractivity contribution in [3.63, 3.8) is 0 Å². The third-order valence-corrected chi connectivity index (χ3v) is 4.58. The molecule has 4 rings (SSSR count). The molecule has 1 aromatic carbocycles. The molecule has 0 radical (unpaired) electrons. The van der Waals surface area contributed by atoms with Crippen LogP contribution in [-0.4, -0.2) is 22.4 Å². The van der Waals surface area contributed by atoms with E-state index in [2.05, 4.69) is 15.3 Å². The van der Waals surface area contributed by atoms with E-state index >= 15 is 0 Å². The maximum absolute atomic E-state index is 11.9. The number of H-pyrrole nitrogens is 1. The van der Waals surface area contributed by atoms with Crippen LogP contribution in [0.4, 0.5) is 0 Å². The Balaban J connectivity index is 1.64. The van der Waals surface area contributed by atoms with Crippen molar-refractivity contribution in [1.29, 1.82) is 0 Å². The van der Waals surface area contributed by atoms with Gasteiger partial charge in [0.15, 0.2) is 0 Å². The summed E-state index contributed by atoms with van der Waals surface area (Å²) in [5.74, 6) is -0.0170. The molecule has 1 aliphatic heterocycles. The summed E-state index contributed by atoms with van der Waals surface area (Å²) < 4.78 is 0. The van der Waals surface area contributed by atoms with Gasteiger partial charge in [-0.15, -0.1) is 0 Å². The third kappa shape index (κ3) is 3.21. The van der Waals surface area contributed by atoms with Gasteiger partial charge >= 0.3 is 0 Å². The second kappa shape index (κ2) is 6.57. The first-order chi connectivity index (χ1) is 12.2. The van der Waals surface area contributed by atoms with Crippen LogP contribution in [0.3, 0.4) is 0 Å². The molecule has 25 heavy (non-hydrogen) atoms. The fraction of sp³-hybridized carbons (Fsp3) is 0.100. The summed E-state index contributed by atoms with van der Waals surface area (Å²) in [6.45, 7) is 0.675. The molecule has 3 aromatic rings. The van der Waals surface area contributed by atoms with E-state index in [1.165, 1.54) is 0 Å². The van der Waals surface area contributed by atoms with Crippen LogP contribution in [0, 0.1) is 0 Å². The maximum atomic E-state index is 11.9. The van der Waals surface area contributed by atoms with Crippen molar-refractivity contribution in [2.45, 2.75) is 6.42 Å². The number of fused-ring (bicyclic) bond motifs is 1. The minimum atomic E-state index is -0.0170. The van der Waals surface area contributed by atoms with E-state index in [0.717, 1.165) is 40.2 Å². The molecule has 0 aliphatic carbocycles. The average Bonchev–Trinajstić information content (AvgIpc) is 3.07. The van der Waals surface area contributed by atoms with Gasteiger partial charge in [0.25, 0.3) is 5.91 Å². The molecule has 0 fully saturated rings. The highest BCUT2D eigenvalue weighted by Crippen LogP contribution is 2.25. The van der Waals surface area contributed by atoms with E-state index in [1.807, 2.05) is 54.6 Å². The number of benzene rings is 1. The number of nitrogens with one attached hydrogen (secondary N) is 2. The van der Waals surface area contributed by atoms with Gasteiger partial charge in [-0.25, -0.2) is 0 Å². The van der Waals surface area contributed by atoms with Gasteiger partial charge in [0, 0.05) is 41.1 Å². The Morgan fingerprint density at radius 3 is 2.84 bits per heavy atom. The zero-order chi connectivity index (χ0) is 17.2. The SMILES string of the molecule is O=C1NCCc2[nH]c(-c3ccnc(C=Cc4ccccc4Cl)c3)cc21. The Labute approximate surface area is 150 Å². The molecule has 124 valence electrons. The van der Waals surface area contributed by atoms with E-state index in [9.17, 15) is 4.79 Å². The highest BCUT2D eigenvalue weighted by Gasteiger charge is 2.19. The minimum absolute atomic E-state index is 0.0170. The number of nitrogens with zero attached hydrogens (tertiary/aromatic N) is 1. The Kier molecular flexibility index (Phi) is 4.12. The van der Waals surface area contributed by atoms with Crippen LogP contribution in [0.25, 0.3) is 23.4 Å². The van der Waals surface area contributed by atoms with E-state index < -0.39 is 0 Å². The molecule has 2 aromatic heterocycles. The van der Waals surface area contributed by atoms with Crippen molar-refractivity contribution in [3.05, 3.63) is 76.2 Å². The second-order valence-electron chi connectivity index (χ2n) is 5.91. The second-order valence-corrected chi connectivity index (χ2v) is 6.31. The first-order valence-electron chi connectivity index (χ1n) is 8.10.